The Kier molecular flexibility index (Phi) is 7.58. The van der Waals surface area contributed by atoms with E-state index in [9.17, 15) is 4.79 Å². The molecule has 158 valence electrons. The van der Waals surface area contributed by atoms with E-state index in [-0.39, 0.29) is 17.8 Å². The molecule has 0 unspecified atom stereocenters. The van der Waals surface area contributed by atoms with Gasteiger partial charge in [-0.25, -0.2) is 0 Å². The number of aromatic nitrogens is 2. The second kappa shape index (κ2) is 10.1. The maximum atomic E-state index is 12.4. The number of nitrogens with zero attached hydrogens (tertiary/aromatic N) is 2. The Morgan fingerprint density at radius 1 is 1.24 bits per heavy atom. The van der Waals surface area contributed by atoms with Crippen LogP contribution in [0.2, 0.25) is 0 Å². The fraction of sp³-hybridized carbons (Fsp3) is 0.591. The summed E-state index contributed by atoms with van der Waals surface area (Å²) in [5.74, 6) is 2.72. The van der Waals surface area contributed by atoms with Gasteiger partial charge in [-0.2, -0.15) is 0 Å². The molecule has 1 aliphatic carbocycles. The molecule has 1 aromatic heterocycles. The average Bonchev–Trinajstić information content (AvgIpc) is 3.16. The van der Waals surface area contributed by atoms with Gasteiger partial charge in [0.05, 0.1) is 6.61 Å². The van der Waals surface area contributed by atoms with Crippen LogP contribution in [0.3, 0.4) is 0 Å². The van der Waals surface area contributed by atoms with Crippen molar-refractivity contribution in [1.82, 2.24) is 10.2 Å². The quantitative estimate of drug-likeness (QED) is 0.429. The van der Waals surface area contributed by atoms with E-state index in [1.54, 1.807) is 0 Å². The number of hydrogen-bond acceptors (Lipinski definition) is 7. The highest BCUT2D eigenvalue weighted by Crippen LogP contribution is 2.35. The van der Waals surface area contributed by atoms with Gasteiger partial charge in [-0.15, -0.1) is 10.2 Å². The van der Waals surface area contributed by atoms with Gasteiger partial charge in [0.2, 0.25) is 5.89 Å². The summed E-state index contributed by atoms with van der Waals surface area (Å²) in [6, 6.07) is 7.47. The molecule has 1 saturated carbocycles. The van der Waals surface area contributed by atoms with Crippen LogP contribution in [0, 0.1) is 17.8 Å². The molecule has 3 atom stereocenters. The topological polar surface area (TPSA) is 74.5 Å². The number of benzene rings is 1. The lowest BCUT2D eigenvalue weighted by molar-refractivity contribution is -0.152. The highest BCUT2D eigenvalue weighted by atomic mass is 32.2. The number of carbonyl (C=O) groups excluding carboxylic acids is 1. The van der Waals surface area contributed by atoms with E-state index >= 15 is 0 Å². The largest absolute Gasteiger partial charge is 0.494 e. The molecule has 29 heavy (non-hydrogen) atoms. The van der Waals surface area contributed by atoms with Crippen LogP contribution in [0.15, 0.2) is 33.9 Å². The molecule has 0 saturated heterocycles. The van der Waals surface area contributed by atoms with Gasteiger partial charge >= 0.3 is 5.97 Å². The molecule has 0 aliphatic heterocycles. The molecule has 1 aromatic carbocycles. The highest BCUT2D eigenvalue weighted by Gasteiger charge is 2.33. The molecule has 2 aromatic rings. The van der Waals surface area contributed by atoms with Crippen LogP contribution < -0.4 is 4.74 Å². The van der Waals surface area contributed by atoms with Crippen LogP contribution in [0.5, 0.6) is 5.75 Å². The van der Waals surface area contributed by atoms with E-state index in [0.717, 1.165) is 24.2 Å². The van der Waals surface area contributed by atoms with Crippen LogP contribution in [0.1, 0.15) is 47.0 Å². The van der Waals surface area contributed by atoms with Crippen molar-refractivity contribution in [2.24, 2.45) is 17.8 Å². The molecule has 0 bridgehead atoms. The van der Waals surface area contributed by atoms with Gasteiger partial charge in [0.15, 0.2) is 0 Å². The molecule has 0 N–H and O–H groups in total. The maximum absolute atomic E-state index is 12.4. The van der Waals surface area contributed by atoms with Crippen molar-refractivity contribution >= 4 is 17.7 Å². The van der Waals surface area contributed by atoms with Crippen LogP contribution in [0.25, 0.3) is 11.5 Å². The van der Waals surface area contributed by atoms with Gasteiger partial charge in [-0.05, 0) is 61.8 Å². The Bertz CT molecular complexity index is 790. The van der Waals surface area contributed by atoms with Crippen molar-refractivity contribution in [2.75, 3.05) is 12.4 Å². The molecule has 0 amide bonds. The van der Waals surface area contributed by atoms with E-state index in [1.165, 1.54) is 18.2 Å². The smallest absolute Gasteiger partial charge is 0.316 e. The minimum atomic E-state index is -0.222. The van der Waals surface area contributed by atoms with E-state index in [2.05, 4.69) is 31.0 Å². The lowest BCUT2D eigenvalue weighted by atomic mass is 9.75. The molecule has 1 heterocycles. The number of rotatable bonds is 8. The summed E-state index contributed by atoms with van der Waals surface area (Å²) >= 11 is 1.21. The molecule has 0 spiro atoms. The number of carbonyl (C=O) groups is 1. The third-order valence-electron chi connectivity index (χ3n) is 5.38. The number of hydrogen-bond donors (Lipinski definition) is 0. The highest BCUT2D eigenvalue weighted by molar-refractivity contribution is 7.99. The summed E-state index contributed by atoms with van der Waals surface area (Å²) in [5.41, 5.74) is 0.811. The zero-order chi connectivity index (χ0) is 20.8. The predicted octanol–water partition coefficient (Wildman–Crippen LogP) is 5.23. The molecular formula is C22H30N2O4S. The first-order chi connectivity index (χ1) is 14.0. The molecule has 1 fully saturated rings. The summed E-state index contributed by atoms with van der Waals surface area (Å²) in [6.45, 7) is 9.20. The lowest BCUT2D eigenvalue weighted by Crippen LogP contribution is -2.36. The van der Waals surface area contributed by atoms with Crippen LogP contribution in [-0.2, 0) is 9.53 Å². The first-order valence-corrected chi connectivity index (χ1v) is 11.3. The van der Waals surface area contributed by atoms with Crippen LogP contribution >= 0.6 is 11.8 Å². The standard InChI is InChI=1S/C22H30N2O4S/c1-5-26-17-9-7-16(8-10-17)21-23-24-22(28-21)29-13-20(25)27-19-12-15(4)6-11-18(19)14(2)3/h7-10,14-15,18-19H,5-6,11-13H2,1-4H3/t15-,18-,19+/m1/s1. The van der Waals surface area contributed by atoms with E-state index in [0.29, 0.717) is 35.5 Å². The van der Waals surface area contributed by atoms with E-state index in [4.69, 9.17) is 13.9 Å². The van der Waals surface area contributed by atoms with Gasteiger partial charge in [0.1, 0.15) is 17.6 Å². The molecule has 6 nitrogen and oxygen atoms in total. The molecule has 0 radical (unpaired) electrons. The van der Waals surface area contributed by atoms with Crippen molar-refractivity contribution in [2.45, 2.75) is 58.3 Å². The second-order valence-electron chi connectivity index (χ2n) is 7.97. The van der Waals surface area contributed by atoms with Crippen molar-refractivity contribution in [3.63, 3.8) is 0 Å². The molecule has 7 heteroatoms. The normalized spacial score (nSPS) is 21.9. The lowest BCUT2D eigenvalue weighted by Gasteiger charge is -2.36. The monoisotopic (exact) mass is 418 g/mol. The Hall–Kier alpha value is -2.02. The van der Waals surface area contributed by atoms with Gasteiger partial charge in [-0.1, -0.05) is 39.0 Å². The maximum Gasteiger partial charge on any atom is 0.316 e. The molecule has 3 rings (SSSR count). The minimum absolute atomic E-state index is 0.00829. The van der Waals surface area contributed by atoms with E-state index in [1.807, 2.05) is 31.2 Å². The summed E-state index contributed by atoms with van der Waals surface area (Å²) in [4.78, 5) is 12.4. The van der Waals surface area contributed by atoms with Crippen molar-refractivity contribution in [3.8, 4) is 17.2 Å². The van der Waals surface area contributed by atoms with Crippen LogP contribution in [-0.4, -0.2) is 34.6 Å². The Morgan fingerprint density at radius 3 is 2.69 bits per heavy atom. The second-order valence-corrected chi connectivity index (χ2v) is 8.90. The Morgan fingerprint density at radius 2 is 2.00 bits per heavy atom. The Labute approximate surface area is 176 Å². The SMILES string of the molecule is CCOc1ccc(-c2nnc(SCC(=O)O[C@H]3C[C@H](C)CC[C@@H]3C(C)C)o2)cc1. The third-order valence-corrected chi connectivity index (χ3v) is 6.17. The zero-order valence-electron chi connectivity index (χ0n) is 17.6. The fourth-order valence-electron chi connectivity index (χ4n) is 3.82. The first kappa shape index (κ1) is 21.7. The van der Waals surface area contributed by atoms with Crippen LogP contribution in [0.4, 0.5) is 0 Å². The fourth-order valence-corrected chi connectivity index (χ4v) is 4.36. The van der Waals surface area contributed by atoms with E-state index < -0.39 is 0 Å². The Balaban J connectivity index is 1.53. The van der Waals surface area contributed by atoms with Crippen molar-refractivity contribution < 1.29 is 18.7 Å². The third kappa shape index (κ3) is 5.98. The summed E-state index contributed by atoms with van der Waals surface area (Å²) in [7, 11) is 0. The number of thioether (sulfide) groups is 1. The van der Waals surface area contributed by atoms with Gasteiger partial charge in [0.25, 0.3) is 5.22 Å². The summed E-state index contributed by atoms with van der Waals surface area (Å²) in [6.07, 6.45) is 3.29. The molecular weight excluding hydrogens is 388 g/mol. The zero-order valence-corrected chi connectivity index (χ0v) is 18.4. The average molecular weight is 419 g/mol. The van der Waals surface area contributed by atoms with Crippen molar-refractivity contribution in [3.05, 3.63) is 24.3 Å². The van der Waals surface area contributed by atoms with Gasteiger partial charge in [-0.3, -0.25) is 4.79 Å². The van der Waals surface area contributed by atoms with Crippen molar-refractivity contribution in [1.29, 1.82) is 0 Å². The van der Waals surface area contributed by atoms with Gasteiger partial charge in [0, 0.05) is 5.56 Å². The number of esters is 1. The summed E-state index contributed by atoms with van der Waals surface area (Å²) in [5, 5.41) is 8.47. The molecule has 1 aliphatic rings. The summed E-state index contributed by atoms with van der Waals surface area (Å²) < 4.78 is 16.9. The first-order valence-electron chi connectivity index (χ1n) is 10.3. The minimum Gasteiger partial charge on any atom is -0.494 e. The number of ether oxygens (including phenoxy) is 2. The predicted molar refractivity (Wildman–Crippen MR) is 113 cm³/mol. The van der Waals surface area contributed by atoms with Gasteiger partial charge < -0.3 is 13.9 Å².